The average molecular weight is 349 g/mol. The molecule has 24 heavy (non-hydrogen) atoms. The highest BCUT2D eigenvalue weighted by Gasteiger charge is 2.19. The van der Waals surface area contributed by atoms with Gasteiger partial charge in [0, 0.05) is 6.07 Å². The number of carbonyl (C=O) groups is 1. The van der Waals surface area contributed by atoms with Crippen LogP contribution >= 0.6 is 0 Å². The number of sulfonamides is 1. The van der Waals surface area contributed by atoms with Crippen molar-refractivity contribution < 1.29 is 22.7 Å². The lowest BCUT2D eigenvalue weighted by molar-refractivity contribution is 0.0600. The summed E-state index contributed by atoms with van der Waals surface area (Å²) in [4.78, 5) is 11.6. The van der Waals surface area contributed by atoms with E-state index in [0.29, 0.717) is 23.6 Å². The van der Waals surface area contributed by atoms with E-state index in [2.05, 4.69) is 9.46 Å². The fourth-order valence-corrected chi connectivity index (χ4v) is 3.48. The molecule has 128 valence electrons. The number of methoxy groups -OCH3 is 1. The third kappa shape index (κ3) is 4.05. The first kappa shape index (κ1) is 17.8. The zero-order valence-electron chi connectivity index (χ0n) is 13.7. The normalized spacial score (nSPS) is 11.0. The Hall–Kier alpha value is -2.54. The van der Waals surface area contributed by atoms with Crippen LogP contribution in [0.4, 0.5) is 5.69 Å². The molecule has 6 nitrogen and oxygen atoms in total. The Bertz CT molecular complexity index is 846. The molecule has 0 spiro atoms. The monoisotopic (exact) mass is 349 g/mol. The molecule has 0 fully saturated rings. The summed E-state index contributed by atoms with van der Waals surface area (Å²) in [5, 5.41) is 0. The van der Waals surface area contributed by atoms with Gasteiger partial charge >= 0.3 is 5.97 Å². The molecule has 0 saturated carbocycles. The first-order valence-corrected chi connectivity index (χ1v) is 8.80. The van der Waals surface area contributed by atoms with Crippen molar-refractivity contribution in [2.24, 2.45) is 0 Å². The van der Waals surface area contributed by atoms with Crippen LogP contribution in [0.25, 0.3) is 0 Å². The summed E-state index contributed by atoms with van der Waals surface area (Å²) in [6.45, 7) is 3.99. The average Bonchev–Trinajstić information content (AvgIpc) is 2.54. The Morgan fingerprint density at radius 2 is 1.92 bits per heavy atom. The van der Waals surface area contributed by atoms with Gasteiger partial charge < -0.3 is 9.47 Å². The van der Waals surface area contributed by atoms with Crippen molar-refractivity contribution in [3.63, 3.8) is 0 Å². The molecule has 7 heteroatoms. The molecule has 0 unspecified atom stereocenters. The third-order valence-corrected chi connectivity index (χ3v) is 4.82. The quantitative estimate of drug-likeness (QED) is 0.811. The zero-order valence-corrected chi connectivity index (χ0v) is 14.5. The molecule has 2 aromatic carbocycles. The Balaban J connectivity index is 2.37. The van der Waals surface area contributed by atoms with Crippen LogP contribution in [0.2, 0.25) is 0 Å². The van der Waals surface area contributed by atoms with Crippen molar-refractivity contribution in [1.29, 1.82) is 0 Å². The number of anilines is 1. The fourth-order valence-electron chi connectivity index (χ4n) is 2.16. The van der Waals surface area contributed by atoms with E-state index in [-0.39, 0.29) is 10.5 Å². The summed E-state index contributed by atoms with van der Waals surface area (Å²) < 4.78 is 37.8. The molecule has 1 N–H and O–H groups in total. The maximum Gasteiger partial charge on any atom is 0.337 e. The highest BCUT2D eigenvalue weighted by molar-refractivity contribution is 7.92. The number of benzene rings is 2. The maximum absolute atomic E-state index is 12.7. The van der Waals surface area contributed by atoms with Gasteiger partial charge in [0.1, 0.15) is 5.75 Å². The lowest BCUT2D eigenvalue weighted by Gasteiger charge is -2.12. The predicted octanol–water partition coefficient (Wildman–Crippen LogP) is 2.98. The summed E-state index contributed by atoms with van der Waals surface area (Å²) in [5.41, 5.74) is 1.08. The van der Waals surface area contributed by atoms with Crippen LogP contribution in [0.3, 0.4) is 0 Å². The second-order valence-corrected chi connectivity index (χ2v) is 6.69. The minimum absolute atomic E-state index is 0.0206. The first-order chi connectivity index (χ1) is 11.4. The molecule has 0 aromatic heterocycles. The number of aryl methyl sites for hydroxylation is 1. The summed E-state index contributed by atoms with van der Waals surface area (Å²) in [6.07, 6.45) is 0. The van der Waals surface area contributed by atoms with Gasteiger partial charge in [0.05, 0.1) is 29.9 Å². The Morgan fingerprint density at radius 1 is 1.17 bits per heavy atom. The van der Waals surface area contributed by atoms with Gasteiger partial charge in [0.25, 0.3) is 10.0 Å². The van der Waals surface area contributed by atoms with Crippen LogP contribution < -0.4 is 9.46 Å². The van der Waals surface area contributed by atoms with Crippen LogP contribution in [-0.2, 0) is 14.8 Å². The van der Waals surface area contributed by atoms with E-state index in [1.54, 1.807) is 37.3 Å². The third-order valence-electron chi connectivity index (χ3n) is 3.30. The summed E-state index contributed by atoms with van der Waals surface area (Å²) in [5.74, 6) is -0.0254. The van der Waals surface area contributed by atoms with Crippen LogP contribution in [-0.4, -0.2) is 28.1 Å². The van der Waals surface area contributed by atoms with Crippen LogP contribution in [0.5, 0.6) is 5.75 Å². The second-order valence-electron chi connectivity index (χ2n) is 5.04. The minimum Gasteiger partial charge on any atom is -0.494 e. The van der Waals surface area contributed by atoms with Crippen molar-refractivity contribution in [1.82, 2.24) is 0 Å². The smallest absolute Gasteiger partial charge is 0.337 e. The summed E-state index contributed by atoms with van der Waals surface area (Å²) in [6, 6.07) is 11.0. The zero-order chi connectivity index (χ0) is 17.7. The molecular weight excluding hydrogens is 330 g/mol. The molecule has 0 aliphatic heterocycles. The predicted molar refractivity (Wildman–Crippen MR) is 90.9 cm³/mol. The van der Waals surface area contributed by atoms with Crippen LogP contribution in [0.15, 0.2) is 47.4 Å². The van der Waals surface area contributed by atoms with Gasteiger partial charge in [-0.25, -0.2) is 13.2 Å². The highest BCUT2D eigenvalue weighted by atomic mass is 32.2. The van der Waals surface area contributed by atoms with Gasteiger partial charge in [-0.2, -0.15) is 0 Å². The molecule has 0 aliphatic carbocycles. The van der Waals surface area contributed by atoms with Gasteiger partial charge in [-0.3, -0.25) is 4.72 Å². The van der Waals surface area contributed by atoms with Crippen LogP contribution in [0.1, 0.15) is 22.8 Å². The maximum atomic E-state index is 12.7. The van der Waals surface area contributed by atoms with Gasteiger partial charge in [-0.15, -0.1) is 0 Å². The molecule has 0 amide bonds. The van der Waals surface area contributed by atoms with Crippen molar-refractivity contribution in [2.75, 3.05) is 18.4 Å². The first-order valence-electron chi connectivity index (χ1n) is 7.32. The van der Waals surface area contributed by atoms with Crippen molar-refractivity contribution in [3.05, 3.63) is 53.6 Å². The Labute approximate surface area is 141 Å². The number of nitrogens with one attached hydrogen (secondary N) is 1. The fraction of sp³-hybridized carbons (Fsp3) is 0.235. The van der Waals surface area contributed by atoms with Gasteiger partial charge in [0.2, 0.25) is 0 Å². The molecule has 0 aliphatic rings. The van der Waals surface area contributed by atoms with Crippen molar-refractivity contribution in [3.8, 4) is 5.75 Å². The number of hydrogen-bond acceptors (Lipinski definition) is 5. The standard InChI is InChI=1S/C17H19NO5S/c1-4-23-15-7-5-6-14(11-15)18-24(20,21)16-10-13(17(19)22-3)9-8-12(16)2/h5-11,18H,4H2,1-3H3. The van der Waals surface area contributed by atoms with Gasteiger partial charge in [-0.1, -0.05) is 12.1 Å². The van der Waals surface area contributed by atoms with E-state index in [1.165, 1.54) is 19.2 Å². The summed E-state index contributed by atoms with van der Waals surface area (Å²) in [7, 11) is -2.61. The molecule has 0 atom stereocenters. The number of hydrogen-bond donors (Lipinski definition) is 1. The van der Waals surface area contributed by atoms with Gasteiger partial charge in [-0.05, 0) is 43.7 Å². The molecule has 2 aromatic rings. The van der Waals surface area contributed by atoms with E-state index in [9.17, 15) is 13.2 Å². The second kappa shape index (κ2) is 7.35. The van der Waals surface area contributed by atoms with Crippen LogP contribution in [0, 0.1) is 6.92 Å². The Kier molecular flexibility index (Phi) is 5.46. The minimum atomic E-state index is -3.85. The molecule has 0 saturated heterocycles. The Morgan fingerprint density at radius 3 is 2.58 bits per heavy atom. The lowest BCUT2D eigenvalue weighted by atomic mass is 10.1. The number of rotatable bonds is 6. The van der Waals surface area contributed by atoms with E-state index in [1.807, 2.05) is 6.92 Å². The lowest BCUT2D eigenvalue weighted by Crippen LogP contribution is -2.15. The summed E-state index contributed by atoms with van der Waals surface area (Å²) >= 11 is 0. The van der Waals surface area contributed by atoms with E-state index in [4.69, 9.17) is 4.74 Å². The van der Waals surface area contributed by atoms with Crippen molar-refractivity contribution in [2.45, 2.75) is 18.7 Å². The van der Waals surface area contributed by atoms with Gasteiger partial charge in [0.15, 0.2) is 0 Å². The molecule has 0 radical (unpaired) electrons. The topological polar surface area (TPSA) is 81.7 Å². The number of carbonyl (C=O) groups excluding carboxylic acids is 1. The number of esters is 1. The highest BCUT2D eigenvalue weighted by Crippen LogP contribution is 2.23. The molecular formula is C17H19NO5S. The molecule has 2 rings (SSSR count). The largest absolute Gasteiger partial charge is 0.494 e. The van der Waals surface area contributed by atoms with E-state index < -0.39 is 16.0 Å². The van der Waals surface area contributed by atoms with E-state index in [0.717, 1.165) is 0 Å². The van der Waals surface area contributed by atoms with E-state index >= 15 is 0 Å². The number of ether oxygens (including phenoxy) is 2. The van der Waals surface area contributed by atoms with Crippen molar-refractivity contribution >= 4 is 21.7 Å². The molecule has 0 heterocycles. The molecule has 0 bridgehead atoms. The SMILES string of the molecule is CCOc1cccc(NS(=O)(=O)c2cc(C(=O)OC)ccc2C)c1.